The molecule has 0 spiro atoms. The van der Waals surface area contributed by atoms with Gasteiger partial charge in [0, 0.05) is 45.8 Å². The summed E-state index contributed by atoms with van der Waals surface area (Å²) < 4.78 is 5.29. The van der Waals surface area contributed by atoms with Crippen molar-refractivity contribution in [1.29, 1.82) is 0 Å². The number of morpholine rings is 1. The zero-order valence-electron chi connectivity index (χ0n) is 12.8. The minimum absolute atomic E-state index is 0.0831. The van der Waals surface area contributed by atoms with Gasteiger partial charge in [-0.25, -0.2) is 0 Å². The minimum Gasteiger partial charge on any atom is -0.397 e. The van der Waals surface area contributed by atoms with E-state index in [1.807, 2.05) is 25.1 Å². The molecular weight excluding hydrogens is 268 g/mol. The van der Waals surface area contributed by atoms with E-state index >= 15 is 0 Å². The number of anilines is 2. The maximum absolute atomic E-state index is 12.1. The summed E-state index contributed by atoms with van der Waals surface area (Å²) in [6, 6.07) is 5.39. The Morgan fingerprint density at radius 3 is 2.71 bits per heavy atom. The number of benzene rings is 1. The van der Waals surface area contributed by atoms with Crippen molar-refractivity contribution in [2.24, 2.45) is 0 Å². The summed E-state index contributed by atoms with van der Waals surface area (Å²) in [7, 11) is 3.85. The van der Waals surface area contributed by atoms with Crippen LogP contribution in [0.4, 0.5) is 11.4 Å². The van der Waals surface area contributed by atoms with E-state index in [0.29, 0.717) is 17.8 Å². The van der Waals surface area contributed by atoms with Crippen LogP contribution in [0.5, 0.6) is 0 Å². The molecule has 116 valence electrons. The van der Waals surface area contributed by atoms with Gasteiger partial charge in [-0.3, -0.25) is 9.69 Å². The number of rotatable bonds is 5. The molecule has 1 saturated heterocycles. The molecular formula is C15H24N4O2. The number of nitrogens with two attached hydrogens (primary N) is 1. The molecule has 21 heavy (non-hydrogen) atoms. The monoisotopic (exact) mass is 292 g/mol. The first kappa shape index (κ1) is 15.6. The Labute approximate surface area is 125 Å². The molecule has 1 heterocycles. The van der Waals surface area contributed by atoms with Crippen molar-refractivity contribution in [3.8, 4) is 0 Å². The molecule has 3 N–H and O–H groups in total. The summed E-state index contributed by atoms with van der Waals surface area (Å²) in [6.45, 7) is 4.89. The van der Waals surface area contributed by atoms with Crippen molar-refractivity contribution in [1.82, 2.24) is 10.2 Å². The van der Waals surface area contributed by atoms with Crippen molar-refractivity contribution in [3.63, 3.8) is 0 Å². The summed E-state index contributed by atoms with van der Waals surface area (Å²) in [4.78, 5) is 16.3. The fourth-order valence-electron chi connectivity index (χ4n) is 2.36. The highest BCUT2D eigenvalue weighted by atomic mass is 16.5. The molecule has 1 aliphatic heterocycles. The van der Waals surface area contributed by atoms with Crippen molar-refractivity contribution in [2.45, 2.75) is 0 Å². The SMILES string of the molecule is CN(C)c1ccc(C(=O)NCCN2CCOCC2)cc1N. The quantitative estimate of drug-likeness (QED) is 0.769. The van der Waals surface area contributed by atoms with Crippen LogP contribution in [0.2, 0.25) is 0 Å². The molecule has 0 bridgehead atoms. The molecule has 1 fully saturated rings. The van der Waals surface area contributed by atoms with Crippen LogP contribution in [0, 0.1) is 0 Å². The fraction of sp³-hybridized carbons (Fsp3) is 0.533. The van der Waals surface area contributed by atoms with E-state index in [0.717, 1.165) is 38.5 Å². The Balaban J connectivity index is 1.84. The summed E-state index contributed by atoms with van der Waals surface area (Å²) >= 11 is 0. The minimum atomic E-state index is -0.0831. The van der Waals surface area contributed by atoms with Gasteiger partial charge >= 0.3 is 0 Å². The lowest BCUT2D eigenvalue weighted by atomic mass is 10.1. The van der Waals surface area contributed by atoms with E-state index in [1.165, 1.54) is 0 Å². The number of carbonyl (C=O) groups is 1. The Kier molecular flexibility index (Phi) is 5.41. The van der Waals surface area contributed by atoms with Crippen LogP contribution in [-0.2, 0) is 4.74 Å². The van der Waals surface area contributed by atoms with E-state index in [2.05, 4.69) is 10.2 Å². The van der Waals surface area contributed by atoms with Crippen LogP contribution >= 0.6 is 0 Å². The van der Waals surface area contributed by atoms with Gasteiger partial charge in [-0.05, 0) is 18.2 Å². The van der Waals surface area contributed by atoms with Crippen molar-refractivity contribution < 1.29 is 9.53 Å². The van der Waals surface area contributed by atoms with Crippen LogP contribution in [0.1, 0.15) is 10.4 Å². The Morgan fingerprint density at radius 1 is 1.38 bits per heavy atom. The molecule has 6 nitrogen and oxygen atoms in total. The molecule has 1 aromatic rings. The smallest absolute Gasteiger partial charge is 0.251 e. The second kappa shape index (κ2) is 7.28. The first-order valence-electron chi connectivity index (χ1n) is 7.23. The number of ether oxygens (including phenoxy) is 1. The van der Waals surface area contributed by atoms with Gasteiger partial charge in [-0.15, -0.1) is 0 Å². The van der Waals surface area contributed by atoms with E-state index in [9.17, 15) is 4.79 Å². The van der Waals surface area contributed by atoms with Gasteiger partial charge in [-0.2, -0.15) is 0 Å². The number of hydrogen-bond acceptors (Lipinski definition) is 5. The predicted molar refractivity (Wildman–Crippen MR) is 84.8 cm³/mol. The number of nitrogens with one attached hydrogen (secondary N) is 1. The summed E-state index contributed by atoms with van der Waals surface area (Å²) in [5.74, 6) is -0.0831. The highest BCUT2D eigenvalue weighted by molar-refractivity contribution is 5.96. The molecule has 2 rings (SSSR count). The maximum atomic E-state index is 12.1. The molecule has 0 radical (unpaired) electrons. The standard InChI is InChI=1S/C15H24N4O2/c1-18(2)14-4-3-12(11-13(14)16)15(20)17-5-6-19-7-9-21-10-8-19/h3-4,11H,5-10,16H2,1-2H3,(H,17,20). The molecule has 6 heteroatoms. The van der Waals surface area contributed by atoms with Gasteiger partial charge in [0.05, 0.1) is 24.6 Å². The lowest BCUT2D eigenvalue weighted by Crippen LogP contribution is -2.41. The van der Waals surface area contributed by atoms with Crippen molar-refractivity contribution in [2.75, 3.05) is 64.1 Å². The normalized spacial score (nSPS) is 15.7. The Hall–Kier alpha value is -1.79. The first-order chi connectivity index (χ1) is 10.1. The number of carbonyl (C=O) groups excluding carboxylic acids is 1. The topological polar surface area (TPSA) is 70.8 Å². The lowest BCUT2D eigenvalue weighted by molar-refractivity contribution is 0.0383. The molecule has 1 amide bonds. The van der Waals surface area contributed by atoms with Gasteiger partial charge in [0.25, 0.3) is 5.91 Å². The Morgan fingerprint density at radius 2 is 2.10 bits per heavy atom. The summed E-state index contributed by atoms with van der Waals surface area (Å²) in [6.07, 6.45) is 0. The lowest BCUT2D eigenvalue weighted by Gasteiger charge is -2.26. The molecule has 1 aliphatic rings. The second-order valence-corrected chi connectivity index (χ2v) is 5.38. The third-order valence-electron chi connectivity index (χ3n) is 3.59. The number of nitrogens with zero attached hydrogens (tertiary/aromatic N) is 2. The van der Waals surface area contributed by atoms with Crippen LogP contribution in [0.3, 0.4) is 0 Å². The second-order valence-electron chi connectivity index (χ2n) is 5.38. The van der Waals surface area contributed by atoms with E-state index in [1.54, 1.807) is 12.1 Å². The maximum Gasteiger partial charge on any atom is 0.251 e. The van der Waals surface area contributed by atoms with Gasteiger partial charge in [-0.1, -0.05) is 0 Å². The molecule has 0 unspecified atom stereocenters. The highest BCUT2D eigenvalue weighted by Crippen LogP contribution is 2.22. The van der Waals surface area contributed by atoms with Crippen molar-refractivity contribution in [3.05, 3.63) is 23.8 Å². The summed E-state index contributed by atoms with van der Waals surface area (Å²) in [5, 5.41) is 2.93. The molecule has 0 aromatic heterocycles. The fourth-order valence-corrected chi connectivity index (χ4v) is 2.36. The molecule has 0 aliphatic carbocycles. The van der Waals surface area contributed by atoms with Crippen molar-refractivity contribution >= 4 is 17.3 Å². The third kappa shape index (κ3) is 4.34. The van der Waals surface area contributed by atoms with E-state index in [4.69, 9.17) is 10.5 Å². The largest absolute Gasteiger partial charge is 0.397 e. The Bertz CT molecular complexity index is 485. The van der Waals surface area contributed by atoms with E-state index in [-0.39, 0.29) is 5.91 Å². The van der Waals surface area contributed by atoms with Gasteiger partial charge in [0.1, 0.15) is 0 Å². The van der Waals surface area contributed by atoms with Gasteiger partial charge in [0.15, 0.2) is 0 Å². The number of amides is 1. The van der Waals surface area contributed by atoms with Gasteiger partial charge < -0.3 is 20.7 Å². The van der Waals surface area contributed by atoms with Crippen LogP contribution in [0.15, 0.2) is 18.2 Å². The average molecular weight is 292 g/mol. The summed E-state index contributed by atoms with van der Waals surface area (Å²) in [5.41, 5.74) is 8.09. The first-order valence-corrected chi connectivity index (χ1v) is 7.23. The van der Waals surface area contributed by atoms with Crippen LogP contribution in [-0.4, -0.2) is 64.3 Å². The van der Waals surface area contributed by atoms with Gasteiger partial charge in [0.2, 0.25) is 0 Å². The van der Waals surface area contributed by atoms with E-state index < -0.39 is 0 Å². The average Bonchev–Trinajstić information content (AvgIpc) is 2.47. The predicted octanol–water partition coefficient (Wildman–Crippen LogP) is 0.397. The molecule has 1 aromatic carbocycles. The third-order valence-corrected chi connectivity index (χ3v) is 3.59. The van der Waals surface area contributed by atoms with Crippen LogP contribution in [0.25, 0.3) is 0 Å². The molecule has 0 atom stereocenters. The zero-order valence-corrected chi connectivity index (χ0v) is 12.8. The number of hydrogen-bond donors (Lipinski definition) is 2. The highest BCUT2D eigenvalue weighted by Gasteiger charge is 2.12. The molecule has 0 saturated carbocycles. The van der Waals surface area contributed by atoms with Crippen LogP contribution < -0.4 is 16.0 Å². The number of nitrogen functional groups attached to an aromatic ring is 1. The zero-order chi connectivity index (χ0) is 15.2.